The fraction of sp³-hybridized carbons (Fsp3) is 0.455. The van der Waals surface area contributed by atoms with E-state index in [0.717, 1.165) is 35.1 Å². The monoisotopic (exact) mass is 219 g/mol. The van der Waals surface area contributed by atoms with Crippen molar-refractivity contribution in [3.63, 3.8) is 0 Å². The number of nitrogen functional groups attached to an aromatic ring is 1. The largest absolute Gasteiger partial charge is 0.394 e. The van der Waals surface area contributed by atoms with Crippen molar-refractivity contribution in [1.29, 1.82) is 0 Å². The highest BCUT2D eigenvalue weighted by Gasteiger charge is 2.15. The molecule has 5 nitrogen and oxygen atoms in total. The van der Waals surface area contributed by atoms with Gasteiger partial charge in [0.15, 0.2) is 5.82 Å². The molecule has 2 aromatic rings. The molecule has 2 aromatic heterocycles. The first-order valence-corrected chi connectivity index (χ1v) is 5.40. The molecule has 0 unspecified atom stereocenters. The van der Waals surface area contributed by atoms with Gasteiger partial charge in [0, 0.05) is 12.2 Å². The third-order valence-electron chi connectivity index (χ3n) is 2.93. The average molecular weight is 219 g/mol. The van der Waals surface area contributed by atoms with E-state index in [1.807, 2.05) is 30.0 Å². The minimum absolute atomic E-state index is 0.724. The van der Waals surface area contributed by atoms with Crippen molar-refractivity contribution < 1.29 is 0 Å². The molecular weight excluding hydrogens is 202 g/mol. The Kier molecular flexibility index (Phi) is 2.46. The number of nitrogens with zero attached hydrogens (tertiary/aromatic N) is 4. The number of hydrogen-bond donors (Lipinski definition) is 1. The molecule has 0 radical (unpaired) electrons. The molecule has 0 aliphatic heterocycles. The molecule has 5 heteroatoms. The topological polar surface area (TPSA) is 61.7 Å². The SMILES string of the molecule is CCn1nc(C)c(N)c1-n1cnc(C)c1C. The number of aryl methyl sites for hydroxylation is 3. The maximum absolute atomic E-state index is 6.06. The summed E-state index contributed by atoms with van der Waals surface area (Å²) in [6.07, 6.45) is 1.80. The molecule has 86 valence electrons. The van der Waals surface area contributed by atoms with Gasteiger partial charge in [-0.3, -0.25) is 4.57 Å². The van der Waals surface area contributed by atoms with E-state index in [-0.39, 0.29) is 0 Å². The van der Waals surface area contributed by atoms with Crippen molar-refractivity contribution in [1.82, 2.24) is 19.3 Å². The summed E-state index contributed by atoms with van der Waals surface area (Å²) in [5, 5.41) is 4.40. The second-order valence-electron chi connectivity index (χ2n) is 3.92. The zero-order valence-electron chi connectivity index (χ0n) is 10.2. The van der Waals surface area contributed by atoms with Gasteiger partial charge >= 0.3 is 0 Å². The molecule has 0 atom stereocenters. The van der Waals surface area contributed by atoms with Crippen LogP contribution in [0.4, 0.5) is 5.69 Å². The number of imidazole rings is 1. The van der Waals surface area contributed by atoms with E-state index in [1.165, 1.54) is 0 Å². The lowest BCUT2D eigenvalue weighted by Gasteiger charge is -2.08. The second kappa shape index (κ2) is 3.66. The van der Waals surface area contributed by atoms with Crippen molar-refractivity contribution in [2.75, 3.05) is 5.73 Å². The summed E-state index contributed by atoms with van der Waals surface area (Å²) >= 11 is 0. The standard InChI is InChI=1S/C11H17N5/c1-5-16-11(10(12)8(3)14-16)15-6-13-7(2)9(15)4/h6H,5,12H2,1-4H3. The fourth-order valence-electron chi connectivity index (χ4n) is 1.77. The number of hydrogen-bond acceptors (Lipinski definition) is 3. The molecule has 0 fully saturated rings. The van der Waals surface area contributed by atoms with Crippen LogP contribution in [0.2, 0.25) is 0 Å². The highest BCUT2D eigenvalue weighted by molar-refractivity contribution is 5.58. The molecule has 0 saturated carbocycles. The molecular formula is C11H17N5. The number of aromatic nitrogens is 4. The number of anilines is 1. The summed E-state index contributed by atoms with van der Waals surface area (Å²) < 4.78 is 3.90. The lowest BCUT2D eigenvalue weighted by molar-refractivity contribution is 0.630. The van der Waals surface area contributed by atoms with E-state index < -0.39 is 0 Å². The van der Waals surface area contributed by atoms with E-state index in [1.54, 1.807) is 6.33 Å². The summed E-state index contributed by atoms with van der Waals surface area (Å²) in [6.45, 7) is 8.79. The highest BCUT2D eigenvalue weighted by Crippen LogP contribution is 2.23. The Morgan fingerprint density at radius 2 is 1.94 bits per heavy atom. The van der Waals surface area contributed by atoms with Gasteiger partial charge in [0.2, 0.25) is 0 Å². The summed E-state index contributed by atoms with van der Waals surface area (Å²) in [4.78, 5) is 4.28. The van der Waals surface area contributed by atoms with Crippen molar-refractivity contribution in [3.8, 4) is 5.82 Å². The molecule has 0 aliphatic rings. The first-order valence-electron chi connectivity index (χ1n) is 5.40. The molecule has 0 aromatic carbocycles. The summed E-state index contributed by atoms with van der Waals surface area (Å²) in [5.41, 5.74) is 9.76. The highest BCUT2D eigenvalue weighted by atomic mass is 15.4. The smallest absolute Gasteiger partial charge is 0.160 e. The lowest BCUT2D eigenvalue weighted by Crippen LogP contribution is -2.08. The van der Waals surface area contributed by atoms with Crippen LogP contribution in [0.3, 0.4) is 0 Å². The minimum Gasteiger partial charge on any atom is -0.394 e. The van der Waals surface area contributed by atoms with Gasteiger partial charge in [-0.25, -0.2) is 9.67 Å². The summed E-state index contributed by atoms with van der Waals surface area (Å²) in [6, 6.07) is 0. The van der Waals surface area contributed by atoms with Crippen LogP contribution in [-0.4, -0.2) is 19.3 Å². The van der Waals surface area contributed by atoms with E-state index in [2.05, 4.69) is 17.0 Å². The lowest BCUT2D eigenvalue weighted by atomic mass is 10.3. The van der Waals surface area contributed by atoms with Crippen LogP contribution in [0.15, 0.2) is 6.33 Å². The Balaban J connectivity index is 2.68. The molecule has 0 spiro atoms. The molecule has 2 rings (SSSR count). The van der Waals surface area contributed by atoms with Crippen LogP contribution in [0.25, 0.3) is 5.82 Å². The van der Waals surface area contributed by atoms with Gasteiger partial charge in [-0.15, -0.1) is 0 Å². The Morgan fingerprint density at radius 3 is 2.44 bits per heavy atom. The fourth-order valence-corrected chi connectivity index (χ4v) is 1.77. The molecule has 2 N–H and O–H groups in total. The zero-order chi connectivity index (χ0) is 11.9. The van der Waals surface area contributed by atoms with Crippen LogP contribution in [0.5, 0.6) is 0 Å². The maximum atomic E-state index is 6.06. The second-order valence-corrected chi connectivity index (χ2v) is 3.92. The normalized spacial score (nSPS) is 11.0. The Morgan fingerprint density at radius 1 is 1.25 bits per heavy atom. The van der Waals surface area contributed by atoms with E-state index in [0.29, 0.717) is 0 Å². The van der Waals surface area contributed by atoms with Crippen LogP contribution in [0, 0.1) is 20.8 Å². The Labute approximate surface area is 94.9 Å². The van der Waals surface area contributed by atoms with Gasteiger partial charge in [-0.2, -0.15) is 5.10 Å². The van der Waals surface area contributed by atoms with Gasteiger partial charge in [-0.05, 0) is 27.7 Å². The maximum Gasteiger partial charge on any atom is 0.160 e. The average Bonchev–Trinajstić information content (AvgIpc) is 2.72. The predicted molar refractivity (Wildman–Crippen MR) is 63.6 cm³/mol. The van der Waals surface area contributed by atoms with E-state index >= 15 is 0 Å². The van der Waals surface area contributed by atoms with Crippen LogP contribution < -0.4 is 5.73 Å². The zero-order valence-corrected chi connectivity index (χ0v) is 10.2. The van der Waals surface area contributed by atoms with Gasteiger partial charge in [0.05, 0.1) is 17.1 Å². The number of rotatable bonds is 2. The van der Waals surface area contributed by atoms with Gasteiger partial charge < -0.3 is 5.73 Å². The molecule has 2 heterocycles. The molecule has 16 heavy (non-hydrogen) atoms. The summed E-state index contributed by atoms with van der Waals surface area (Å²) in [5.74, 6) is 0.915. The first kappa shape index (κ1) is 10.7. The third kappa shape index (κ3) is 1.39. The van der Waals surface area contributed by atoms with Crippen LogP contribution in [-0.2, 0) is 6.54 Å². The van der Waals surface area contributed by atoms with Crippen molar-refractivity contribution in [3.05, 3.63) is 23.4 Å². The molecule has 0 aliphatic carbocycles. The number of nitrogens with two attached hydrogens (primary N) is 1. The molecule has 0 bridgehead atoms. The third-order valence-corrected chi connectivity index (χ3v) is 2.93. The quantitative estimate of drug-likeness (QED) is 0.834. The molecule has 0 amide bonds. The van der Waals surface area contributed by atoms with Crippen molar-refractivity contribution in [2.45, 2.75) is 34.2 Å². The summed E-state index contributed by atoms with van der Waals surface area (Å²) in [7, 11) is 0. The first-order chi connectivity index (χ1) is 7.56. The van der Waals surface area contributed by atoms with E-state index in [9.17, 15) is 0 Å². The minimum atomic E-state index is 0.724. The van der Waals surface area contributed by atoms with Gasteiger partial charge in [0.25, 0.3) is 0 Å². The molecule has 0 saturated heterocycles. The van der Waals surface area contributed by atoms with Gasteiger partial charge in [0.1, 0.15) is 6.33 Å². The van der Waals surface area contributed by atoms with Gasteiger partial charge in [-0.1, -0.05) is 0 Å². The van der Waals surface area contributed by atoms with Crippen molar-refractivity contribution >= 4 is 5.69 Å². The Bertz CT molecular complexity index is 521. The van der Waals surface area contributed by atoms with Crippen molar-refractivity contribution in [2.24, 2.45) is 0 Å². The predicted octanol–water partition coefficient (Wildman–Crippen LogP) is 1.60. The van der Waals surface area contributed by atoms with E-state index in [4.69, 9.17) is 5.73 Å². The Hall–Kier alpha value is -1.78. The van der Waals surface area contributed by atoms with Crippen LogP contribution >= 0.6 is 0 Å². The van der Waals surface area contributed by atoms with Crippen LogP contribution in [0.1, 0.15) is 24.0 Å².